The van der Waals surface area contributed by atoms with Gasteiger partial charge in [-0.15, -0.1) is 10.2 Å². The van der Waals surface area contributed by atoms with E-state index in [-0.39, 0.29) is 43.5 Å². The number of piperidine rings is 1. The van der Waals surface area contributed by atoms with E-state index in [2.05, 4.69) is 20.2 Å². The topological polar surface area (TPSA) is 126 Å². The van der Waals surface area contributed by atoms with Gasteiger partial charge in [-0.1, -0.05) is 0 Å². The smallest absolute Gasteiger partial charge is 0.229 e. The highest BCUT2D eigenvalue weighted by atomic mass is 32.2. The molecular weight excluding hydrogens is 384 g/mol. The zero-order chi connectivity index (χ0) is 20.0. The highest BCUT2D eigenvalue weighted by molar-refractivity contribution is 7.89. The second kappa shape index (κ2) is 8.93. The van der Waals surface area contributed by atoms with Gasteiger partial charge in [0.05, 0.1) is 5.75 Å². The molecule has 1 aliphatic rings. The van der Waals surface area contributed by atoms with E-state index in [9.17, 15) is 18.0 Å². The second-order valence-electron chi connectivity index (χ2n) is 6.30. The van der Waals surface area contributed by atoms with Crippen molar-refractivity contribution in [2.24, 2.45) is 0 Å². The van der Waals surface area contributed by atoms with E-state index in [0.29, 0.717) is 24.6 Å². The maximum atomic E-state index is 12.1. The number of carbonyl (C=O) groups excluding carboxylic acids is 2. The Morgan fingerprint density at radius 1 is 1.00 bits per heavy atom. The van der Waals surface area contributed by atoms with Crippen LogP contribution in [0, 0.1) is 0 Å². The van der Waals surface area contributed by atoms with Crippen LogP contribution in [0.15, 0.2) is 36.7 Å². The first-order chi connectivity index (χ1) is 13.4. The number of aromatic nitrogens is 3. The third-order valence-electron chi connectivity index (χ3n) is 4.24. The van der Waals surface area contributed by atoms with Crippen LogP contribution in [0.25, 0.3) is 5.82 Å². The Bertz CT molecular complexity index is 896. The van der Waals surface area contributed by atoms with Crippen molar-refractivity contribution in [3.63, 3.8) is 0 Å². The van der Waals surface area contributed by atoms with Gasteiger partial charge in [0, 0.05) is 44.9 Å². The molecule has 11 heteroatoms. The predicted molar refractivity (Wildman–Crippen MR) is 102 cm³/mol. The maximum absolute atomic E-state index is 12.1. The molecule has 2 aromatic rings. The third-order valence-corrected chi connectivity index (χ3v) is 5.60. The number of amides is 2. The van der Waals surface area contributed by atoms with Crippen molar-refractivity contribution in [3.05, 3.63) is 36.7 Å². The Balaban J connectivity index is 1.40. The van der Waals surface area contributed by atoms with Crippen LogP contribution in [-0.2, 0) is 19.6 Å². The molecule has 0 atom stereocenters. The first-order valence-corrected chi connectivity index (χ1v) is 10.6. The largest absolute Gasteiger partial charge is 0.367 e. The number of carbonyl (C=O) groups is 2. The lowest BCUT2D eigenvalue weighted by atomic mass is 10.1. The van der Waals surface area contributed by atoms with Crippen molar-refractivity contribution in [2.75, 3.05) is 30.7 Å². The maximum Gasteiger partial charge on any atom is 0.229 e. The summed E-state index contributed by atoms with van der Waals surface area (Å²) >= 11 is 0. The molecule has 2 N–H and O–H groups in total. The van der Waals surface area contributed by atoms with Crippen LogP contribution in [0.2, 0.25) is 0 Å². The van der Waals surface area contributed by atoms with E-state index in [1.807, 2.05) is 29.1 Å². The minimum atomic E-state index is -3.59. The minimum absolute atomic E-state index is 0.118. The summed E-state index contributed by atoms with van der Waals surface area (Å²) in [5.74, 6) is 0.276. The van der Waals surface area contributed by atoms with Gasteiger partial charge in [0.25, 0.3) is 0 Å². The Labute approximate surface area is 163 Å². The monoisotopic (exact) mass is 406 g/mol. The van der Waals surface area contributed by atoms with Crippen LogP contribution < -0.4 is 10.0 Å². The first kappa shape index (κ1) is 20.0. The number of nitrogens with zero attached hydrogens (tertiary/aromatic N) is 4. The molecule has 0 spiro atoms. The Morgan fingerprint density at radius 2 is 1.71 bits per heavy atom. The molecule has 0 aliphatic carbocycles. The summed E-state index contributed by atoms with van der Waals surface area (Å²) in [7, 11) is -3.59. The van der Waals surface area contributed by atoms with E-state index in [1.165, 1.54) is 0 Å². The molecule has 1 fully saturated rings. The van der Waals surface area contributed by atoms with Crippen LogP contribution in [0.4, 0.5) is 5.82 Å². The summed E-state index contributed by atoms with van der Waals surface area (Å²) < 4.78 is 28.4. The van der Waals surface area contributed by atoms with Crippen molar-refractivity contribution in [1.82, 2.24) is 24.4 Å². The van der Waals surface area contributed by atoms with Crippen LogP contribution in [-0.4, -0.2) is 65.3 Å². The van der Waals surface area contributed by atoms with Gasteiger partial charge in [-0.05, 0) is 30.7 Å². The van der Waals surface area contributed by atoms with Gasteiger partial charge in [-0.2, -0.15) is 0 Å². The number of nitrogens with one attached hydrogen (secondary N) is 2. The highest BCUT2D eigenvalue weighted by Gasteiger charge is 2.27. The minimum Gasteiger partial charge on any atom is -0.367 e. The lowest BCUT2D eigenvalue weighted by Gasteiger charge is -2.24. The van der Waals surface area contributed by atoms with Gasteiger partial charge in [-0.3, -0.25) is 14.5 Å². The van der Waals surface area contributed by atoms with Gasteiger partial charge in [0.2, 0.25) is 21.8 Å². The summed E-state index contributed by atoms with van der Waals surface area (Å²) in [5, 5.41) is 11.1. The molecule has 0 unspecified atom stereocenters. The Kier molecular flexibility index (Phi) is 6.37. The van der Waals surface area contributed by atoms with E-state index in [1.54, 1.807) is 12.1 Å². The molecule has 0 saturated carbocycles. The Morgan fingerprint density at radius 3 is 2.36 bits per heavy atom. The standard InChI is InChI=1S/C17H22N6O4S/c24-16-4-3-5-17(25)23(16)12-13-28(26,27)19-9-8-18-14-6-7-15(21-20-14)22-10-1-2-11-22/h1-2,6-7,10-11,19H,3-5,8-9,12-13H2,(H,18,20). The molecule has 28 heavy (non-hydrogen) atoms. The summed E-state index contributed by atoms with van der Waals surface area (Å²) in [5.41, 5.74) is 0. The molecule has 3 heterocycles. The van der Waals surface area contributed by atoms with E-state index >= 15 is 0 Å². The van der Waals surface area contributed by atoms with Gasteiger partial charge in [-0.25, -0.2) is 13.1 Å². The summed E-state index contributed by atoms with van der Waals surface area (Å²) in [6, 6.07) is 7.32. The van der Waals surface area contributed by atoms with Gasteiger partial charge in [0.15, 0.2) is 5.82 Å². The predicted octanol–water partition coefficient (Wildman–Crippen LogP) is 0.138. The zero-order valence-electron chi connectivity index (χ0n) is 15.2. The van der Waals surface area contributed by atoms with Crippen LogP contribution in [0.3, 0.4) is 0 Å². The van der Waals surface area contributed by atoms with E-state index in [0.717, 1.165) is 4.90 Å². The van der Waals surface area contributed by atoms with Crippen molar-refractivity contribution >= 4 is 27.7 Å². The fraction of sp³-hybridized carbons (Fsp3) is 0.412. The highest BCUT2D eigenvalue weighted by Crippen LogP contribution is 2.12. The summed E-state index contributed by atoms with van der Waals surface area (Å²) in [6.07, 6.45) is 4.81. The average Bonchev–Trinajstić information content (AvgIpc) is 3.20. The van der Waals surface area contributed by atoms with Crippen LogP contribution in [0.1, 0.15) is 19.3 Å². The lowest BCUT2D eigenvalue weighted by molar-refractivity contribution is -0.147. The number of hydrogen-bond donors (Lipinski definition) is 2. The van der Waals surface area contributed by atoms with Crippen molar-refractivity contribution < 1.29 is 18.0 Å². The quantitative estimate of drug-likeness (QED) is 0.448. The van der Waals surface area contributed by atoms with Crippen molar-refractivity contribution in [3.8, 4) is 5.82 Å². The second-order valence-corrected chi connectivity index (χ2v) is 8.23. The molecule has 2 amide bonds. The van der Waals surface area contributed by atoms with Crippen LogP contribution >= 0.6 is 0 Å². The van der Waals surface area contributed by atoms with Gasteiger partial charge >= 0.3 is 0 Å². The number of likely N-dealkylation sites (tertiary alicyclic amines) is 1. The zero-order valence-corrected chi connectivity index (χ0v) is 16.1. The number of sulfonamides is 1. The molecule has 10 nitrogen and oxygen atoms in total. The molecule has 3 rings (SSSR count). The molecule has 150 valence electrons. The Hall–Kier alpha value is -2.79. The fourth-order valence-corrected chi connectivity index (χ4v) is 3.75. The molecule has 0 aromatic carbocycles. The number of anilines is 1. The first-order valence-electron chi connectivity index (χ1n) is 8.96. The number of hydrogen-bond acceptors (Lipinski definition) is 7. The number of rotatable bonds is 9. The average molecular weight is 406 g/mol. The van der Waals surface area contributed by atoms with Gasteiger partial charge in [0.1, 0.15) is 5.82 Å². The van der Waals surface area contributed by atoms with Crippen LogP contribution in [0.5, 0.6) is 0 Å². The van der Waals surface area contributed by atoms with E-state index in [4.69, 9.17) is 0 Å². The summed E-state index contributed by atoms with van der Waals surface area (Å²) in [6.45, 7) is 0.344. The molecule has 0 radical (unpaired) electrons. The normalized spacial score (nSPS) is 15.1. The molecule has 0 bridgehead atoms. The van der Waals surface area contributed by atoms with Crippen molar-refractivity contribution in [1.29, 1.82) is 0 Å². The van der Waals surface area contributed by atoms with E-state index < -0.39 is 10.0 Å². The lowest BCUT2D eigenvalue weighted by Crippen LogP contribution is -2.44. The van der Waals surface area contributed by atoms with Crippen molar-refractivity contribution in [2.45, 2.75) is 19.3 Å². The molecule has 1 aliphatic heterocycles. The third kappa shape index (κ3) is 5.36. The molecular formula is C17H22N6O4S. The molecule has 1 saturated heterocycles. The molecule has 2 aromatic heterocycles. The summed E-state index contributed by atoms with van der Waals surface area (Å²) in [4.78, 5) is 24.4. The SMILES string of the molecule is O=C1CCCC(=O)N1CCS(=O)(=O)NCCNc1ccc(-n2cccc2)nn1. The number of imide groups is 1. The van der Waals surface area contributed by atoms with Gasteiger partial charge < -0.3 is 9.88 Å². The fourth-order valence-electron chi connectivity index (χ4n) is 2.77.